The second kappa shape index (κ2) is 10.9. The monoisotopic (exact) mass is 349 g/mol. The van der Waals surface area contributed by atoms with Crippen LogP contribution in [0.3, 0.4) is 0 Å². The minimum atomic E-state index is 0.497. The number of nitrogens with zero attached hydrogens (tertiary/aromatic N) is 1. The third-order valence-electron chi connectivity index (χ3n) is 4.21. The second-order valence-corrected chi connectivity index (χ2v) is 6.35. The van der Waals surface area contributed by atoms with Gasteiger partial charge in [0.1, 0.15) is 5.75 Å². The van der Waals surface area contributed by atoms with Gasteiger partial charge in [-0.15, -0.1) is 0 Å². The Bertz CT molecular complexity index is 543. The Morgan fingerprint density at radius 2 is 2.24 bits per heavy atom. The third-order valence-corrected chi connectivity index (χ3v) is 4.21. The lowest BCUT2D eigenvalue weighted by Gasteiger charge is -2.17. The van der Waals surface area contributed by atoms with Gasteiger partial charge in [0.25, 0.3) is 0 Å². The number of nitrogens with one attached hydrogen (secondary N) is 2. The van der Waals surface area contributed by atoms with E-state index >= 15 is 0 Å². The average molecular weight is 349 g/mol. The molecule has 1 aliphatic rings. The highest BCUT2D eigenvalue weighted by atomic mass is 16.5. The van der Waals surface area contributed by atoms with Crippen molar-refractivity contribution in [1.29, 1.82) is 0 Å². The molecule has 0 spiro atoms. The molecule has 25 heavy (non-hydrogen) atoms. The lowest BCUT2D eigenvalue weighted by atomic mass is 10.1. The first-order valence-electron chi connectivity index (χ1n) is 8.96. The smallest absolute Gasteiger partial charge is 0.191 e. The van der Waals surface area contributed by atoms with Gasteiger partial charge in [0.15, 0.2) is 5.96 Å². The normalized spacial score (nSPS) is 17.6. The molecule has 0 saturated carbocycles. The quantitative estimate of drug-likeness (QED) is 0.406. The largest absolute Gasteiger partial charge is 0.493 e. The molecule has 0 amide bonds. The zero-order valence-electron chi connectivity index (χ0n) is 15.6. The molecule has 1 aliphatic heterocycles. The number of aliphatic imine (C=N–C) groups is 1. The van der Waals surface area contributed by atoms with Gasteiger partial charge in [-0.05, 0) is 31.4 Å². The summed E-state index contributed by atoms with van der Waals surface area (Å²) in [5, 5.41) is 6.63. The Balaban J connectivity index is 1.86. The van der Waals surface area contributed by atoms with Crippen LogP contribution in [0.5, 0.6) is 5.75 Å². The minimum Gasteiger partial charge on any atom is -0.493 e. The predicted octanol–water partition coefficient (Wildman–Crippen LogP) is 2.11. The van der Waals surface area contributed by atoms with Crippen molar-refractivity contribution in [3.63, 3.8) is 0 Å². The molecular weight excluding hydrogens is 318 g/mol. The maximum Gasteiger partial charge on any atom is 0.191 e. The molecule has 1 saturated heterocycles. The molecule has 1 aromatic carbocycles. The van der Waals surface area contributed by atoms with Gasteiger partial charge < -0.3 is 24.8 Å². The molecule has 0 aromatic heterocycles. The lowest BCUT2D eigenvalue weighted by Crippen LogP contribution is -2.37. The molecule has 1 unspecified atom stereocenters. The van der Waals surface area contributed by atoms with Crippen molar-refractivity contribution in [3.05, 3.63) is 29.3 Å². The topological polar surface area (TPSA) is 64.1 Å². The maximum absolute atomic E-state index is 6.08. The van der Waals surface area contributed by atoms with Crippen LogP contribution in [0.1, 0.15) is 24.0 Å². The van der Waals surface area contributed by atoms with E-state index in [1.165, 1.54) is 5.56 Å². The summed E-state index contributed by atoms with van der Waals surface area (Å²) < 4.78 is 16.6. The van der Waals surface area contributed by atoms with Crippen molar-refractivity contribution in [2.24, 2.45) is 10.9 Å². The molecule has 1 heterocycles. The van der Waals surface area contributed by atoms with E-state index < -0.39 is 0 Å². The fraction of sp³-hybridized carbons (Fsp3) is 0.632. The van der Waals surface area contributed by atoms with E-state index in [9.17, 15) is 0 Å². The summed E-state index contributed by atoms with van der Waals surface area (Å²) in [6, 6.07) is 6.32. The Morgan fingerprint density at radius 1 is 1.36 bits per heavy atom. The molecule has 140 valence electrons. The zero-order chi connectivity index (χ0) is 17.9. The number of ether oxygens (including phenoxy) is 3. The van der Waals surface area contributed by atoms with Crippen LogP contribution in [-0.4, -0.2) is 53.1 Å². The van der Waals surface area contributed by atoms with Gasteiger partial charge in [-0.3, -0.25) is 4.99 Å². The highest BCUT2D eigenvalue weighted by molar-refractivity contribution is 5.79. The van der Waals surface area contributed by atoms with Gasteiger partial charge in [0.05, 0.1) is 13.2 Å². The van der Waals surface area contributed by atoms with E-state index in [0.29, 0.717) is 19.1 Å². The minimum absolute atomic E-state index is 0.497. The summed E-state index contributed by atoms with van der Waals surface area (Å²) in [5.41, 5.74) is 2.33. The van der Waals surface area contributed by atoms with E-state index in [1.54, 1.807) is 14.2 Å². The van der Waals surface area contributed by atoms with Gasteiger partial charge in [-0.25, -0.2) is 0 Å². The summed E-state index contributed by atoms with van der Waals surface area (Å²) in [4.78, 5) is 4.25. The van der Waals surface area contributed by atoms with E-state index in [0.717, 1.165) is 56.5 Å². The van der Waals surface area contributed by atoms with Crippen molar-refractivity contribution in [2.75, 3.05) is 47.1 Å². The Hall–Kier alpha value is -1.79. The summed E-state index contributed by atoms with van der Waals surface area (Å²) in [5.74, 6) is 2.22. The van der Waals surface area contributed by atoms with Crippen molar-refractivity contribution >= 4 is 5.96 Å². The zero-order valence-corrected chi connectivity index (χ0v) is 15.6. The first-order valence-corrected chi connectivity index (χ1v) is 8.96. The molecule has 2 N–H and O–H groups in total. The summed E-state index contributed by atoms with van der Waals surface area (Å²) in [6.07, 6.45) is 2.02. The number of aryl methyl sites for hydroxylation is 1. The molecule has 1 fully saturated rings. The van der Waals surface area contributed by atoms with E-state index in [2.05, 4.69) is 40.7 Å². The van der Waals surface area contributed by atoms with Crippen LogP contribution >= 0.6 is 0 Å². The van der Waals surface area contributed by atoms with Crippen molar-refractivity contribution in [1.82, 2.24) is 10.6 Å². The van der Waals surface area contributed by atoms with Crippen LogP contribution in [0.2, 0.25) is 0 Å². The number of benzene rings is 1. The van der Waals surface area contributed by atoms with E-state index in [-0.39, 0.29) is 0 Å². The summed E-state index contributed by atoms with van der Waals surface area (Å²) >= 11 is 0. The molecule has 0 radical (unpaired) electrons. The maximum atomic E-state index is 6.08. The molecule has 0 bridgehead atoms. The number of guanidine groups is 1. The molecule has 1 atom stereocenters. The molecule has 2 rings (SSSR count). The number of hydrogen-bond donors (Lipinski definition) is 2. The number of rotatable bonds is 9. The van der Waals surface area contributed by atoms with E-state index in [4.69, 9.17) is 14.2 Å². The van der Waals surface area contributed by atoms with Gasteiger partial charge in [-0.1, -0.05) is 12.1 Å². The van der Waals surface area contributed by atoms with Crippen molar-refractivity contribution in [3.8, 4) is 5.75 Å². The molecule has 6 heteroatoms. The Morgan fingerprint density at radius 3 is 2.96 bits per heavy atom. The average Bonchev–Trinajstić information content (AvgIpc) is 3.14. The van der Waals surface area contributed by atoms with Crippen molar-refractivity contribution < 1.29 is 14.2 Å². The first kappa shape index (κ1) is 19.5. The number of hydrogen-bond acceptors (Lipinski definition) is 4. The van der Waals surface area contributed by atoms with Gasteiger partial charge in [0, 0.05) is 51.9 Å². The van der Waals surface area contributed by atoms with Gasteiger partial charge in [0.2, 0.25) is 0 Å². The van der Waals surface area contributed by atoms with Gasteiger partial charge >= 0.3 is 0 Å². The van der Waals surface area contributed by atoms with Crippen LogP contribution in [0, 0.1) is 12.8 Å². The Labute approximate surface area is 151 Å². The second-order valence-electron chi connectivity index (χ2n) is 6.35. The predicted molar refractivity (Wildman–Crippen MR) is 100 cm³/mol. The highest BCUT2D eigenvalue weighted by Gasteiger charge is 2.17. The SMILES string of the molecule is CN=C(NCCCOC)NCc1ccc(C)cc1OCC1CCOC1. The van der Waals surface area contributed by atoms with Crippen LogP contribution in [0.15, 0.2) is 23.2 Å². The Kier molecular flexibility index (Phi) is 8.55. The van der Waals surface area contributed by atoms with Crippen LogP contribution in [0.25, 0.3) is 0 Å². The summed E-state index contributed by atoms with van der Waals surface area (Å²) in [7, 11) is 3.49. The van der Waals surface area contributed by atoms with Crippen LogP contribution < -0.4 is 15.4 Å². The van der Waals surface area contributed by atoms with Gasteiger partial charge in [-0.2, -0.15) is 0 Å². The van der Waals surface area contributed by atoms with Crippen LogP contribution in [-0.2, 0) is 16.0 Å². The first-order chi connectivity index (χ1) is 12.2. The summed E-state index contributed by atoms with van der Waals surface area (Å²) in [6.45, 7) is 6.68. The standard InChI is InChI=1S/C19H31N3O3/c1-15-5-6-17(12-22-19(20-2)21-8-4-9-23-3)18(11-15)25-14-16-7-10-24-13-16/h5-6,11,16H,4,7-10,12-14H2,1-3H3,(H2,20,21,22). The van der Waals surface area contributed by atoms with E-state index in [1.807, 2.05) is 0 Å². The van der Waals surface area contributed by atoms with Crippen LogP contribution in [0.4, 0.5) is 0 Å². The number of methoxy groups -OCH3 is 1. The highest BCUT2D eigenvalue weighted by Crippen LogP contribution is 2.22. The molecular formula is C19H31N3O3. The molecule has 6 nitrogen and oxygen atoms in total. The molecule has 0 aliphatic carbocycles. The third kappa shape index (κ3) is 6.92. The lowest BCUT2D eigenvalue weighted by molar-refractivity contribution is 0.166. The fourth-order valence-corrected chi connectivity index (χ4v) is 2.69. The molecule has 1 aromatic rings. The van der Waals surface area contributed by atoms with Crippen molar-refractivity contribution in [2.45, 2.75) is 26.3 Å². The fourth-order valence-electron chi connectivity index (χ4n) is 2.69.